The monoisotopic (exact) mass is 271 g/mol. The molecule has 0 spiro atoms. The van der Waals surface area contributed by atoms with Gasteiger partial charge in [0.25, 0.3) is 0 Å². The second-order valence-electron chi connectivity index (χ2n) is 6.06. The van der Waals surface area contributed by atoms with Crippen LogP contribution in [0, 0.1) is 0 Å². The van der Waals surface area contributed by atoms with Gasteiger partial charge in [0.2, 0.25) is 5.91 Å². The summed E-state index contributed by atoms with van der Waals surface area (Å²) in [4.78, 5) is 25.2. The maximum atomic E-state index is 11.8. The first-order valence-electron chi connectivity index (χ1n) is 6.73. The van der Waals surface area contributed by atoms with E-state index in [-0.39, 0.29) is 11.9 Å². The van der Waals surface area contributed by atoms with Crippen molar-refractivity contribution in [2.75, 3.05) is 13.1 Å². The first-order chi connectivity index (χ1) is 8.69. The summed E-state index contributed by atoms with van der Waals surface area (Å²) in [6, 6.07) is -0.563. The van der Waals surface area contributed by atoms with Crippen LogP contribution in [0.4, 0.5) is 4.79 Å². The normalized spacial score (nSPS) is 21.7. The van der Waals surface area contributed by atoms with Gasteiger partial charge in [-0.05, 0) is 40.5 Å². The minimum absolute atomic E-state index is 0.0636. The number of ether oxygens (including phenoxy) is 1. The Bertz CT molecular complexity index is 337. The van der Waals surface area contributed by atoms with Gasteiger partial charge in [-0.2, -0.15) is 0 Å². The molecular formula is C13H25N3O3. The summed E-state index contributed by atoms with van der Waals surface area (Å²) < 4.78 is 5.21. The van der Waals surface area contributed by atoms with Crippen LogP contribution in [0.2, 0.25) is 0 Å². The first-order valence-corrected chi connectivity index (χ1v) is 6.73. The molecule has 1 aliphatic rings. The number of nitrogens with zero attached hydrogens (tertiary/aromatic N) is 1. The van der Waals surface area contributed by atoms with Gasteiger partial charge < -0.3 is 20.7 Å². The number of carbonyl (C=O) groups excluding carboxylic acids is 2. The van der Waals surface area contributed by atoms with Crippen LogP contribution in [-0.4, -0.2) is 47.7 Å². The molecule has 1 heterocycles. The molecule has 0 aromatic carbocycles. The molecule has 1 saturated heterocycles. The number of likely N-dealkylation sites (tertiary alicyclic amines) is 1. The van der Waals surface area contributed by atoms with Gasteiger partial charge in [-0.1, -0.05) is 0 Å². The van der Waals surface area contributed by atoms with Crippen LogP contribution in [0.3, 0.4) is 0 Å². The summed E-state index contributed by atoms with van der Waals surface area (Å²) in [6.45, 7) is 8.33. The van der Waals surface area contributed by atoms with Crippen LogP contribution in [0.15, 0.2) is 0 Å². The molecule has 1 fully saturated rings. The Morgan fingerprint density at radius 2 is 2.05 bits per heavy atom. The van der Waals surface area contributed by atoms with E-state index in [9.17, 15) is 9.59 Å². The second-order valence-corrected chi connectivity index (χ2v) is 6.06. The highest BCUT2D eigenvalue weighted by Gasteiger charge is 2.27. The van der Waals surface area contributed by atoms with Crippen LogP contribution in [0.5, 0.6) is 0 Å². The summed E-state index contributed by atoms with van der Waals surface area (Å²) in [7, 11) is 0. The predicted molar refractivity (Wildman–Crippen MR) is 72.6 cm³/mol. The molecule has 1 rings (SSSR count). The summed E-state index contributed by atoms with van der Waals surface area (Å²) >= 11 is 0. The standard InChI is InChI=1S/C13H25N3O3/c1-9(14)11(17)16-7-5-6-10(8-16)15-12(18)19-13(2,3)4/h9-10H,5-8,14H2,1-4H3,(H,15,18)/t9-,10+/m0/s1. The highest BCUT2D eigenvalue weighted by molar-refractivity contribution is 5.81. The fraction of sp³-hybridized carbons (Fsp3) is 0.846. The molecule has 2 atom stereocenters. The van der Waals surface area contributed by atoms with Gasteiger partial charge in [-0.15, -0.1) is 0 Å². The quantitative estimate of drug-likeness (QED) is 0.779. The zero-order chi connectivity index (χ0) is 14.6. The van der Waals surface area contributed by atoms with Crippen molar-refractivity contribution in [1.82, 2.24) is 10.2 Å². The lowest BCUT2D eigenvalue weighted by Crippen LogP contribution is -2.53. The zero-order valence-electron chi connectivity index (χ0n) is 12.2. The minimum atomic E-state index is -0.514. The van der Waals surface area contributed by atoms with Crippen LogP contribution in [0.1, 0.15) is 40.5 Å². The average molecular weight is 271 g/mol. The lowest BCUT2D eigenvalue weighted by Gasteiger charge is -2.34. The van der Waals surface area contributed by atoms with Crippen LogP contribution < -0.4 is 11.1 Å². The Hall–Kier alpha value is -1.30. The number of carbonyl (C=O) groups is 2. The lowest BCUT2D eigenvalue weighted by atomic mass is 10.1. The minimum Gasteiger partial charge on any atom is -0.444 e. The summed E-state index contributed by atoms with van der Waals surface area (Å²) in [6.07, 6.45) is 1.27. The third-order valence-electron chi connectivity index (χ3n) is 2.84. The number of hydrogen-bond acceptors (Lipinski definition) is 4. The second kappa shape index (κ2) is 6.23. The van der Waals surface area contributed by atoms with Crippen molar-refractivity contribution in [3.05, 3.63) is 0 Å². The van der Waals surface area contributed by atoms with Crippen molar-refractivity contribution >= 4 is 12.0 Å². The van der Waals surface area contributed by atoms with E-state index < -0.39 is 17.7 Å². The molecule has 0 aromatic heterocycles. The number of alkyl carbamates (subject to hydrolysis) is 1. The highest BCUT2D eigenvalue weighted by Crippen LogP contribution is 2.12. The Labute approximate surface area is 114 Å². The first kappa shape index (κ1) is 15.8. The van der Waals surface area contributed by atoms with Gasteiger partial charge in [0.15, 0.2) is 0 Å². The Morgan fingerprint density at radius 1 is 1.42 bits per heavy atom. The Morgan fingerprint density at radius 3 is 2.58 bits per heavy atom. The number of hydrogen-bond donors (Lipinski definition) is 2. The van der Waals surface area contributed by atoms with E-state index in [0.29, 0.717) is 13.1 Å². The molecule has 0 bridgehead atoms. The van der Waals surface area contributed by atoms with Gasteiger partial charge in [0.05, 0.1) is 6.04 Å². The fourth-order valence-electron chi connectivity index (χ4n) is 2.06. The van der Waals surface area contributed by atoms with Gasteiger partial charge in [0.1, 0.15) is 5.60 Å². The molecule has 0 saturated carbocycles. The number of amides is 2. The smallest absolute Gasteiger partial charge is 0.407 e. The van der Waals surface area contributed by atoms with E-state index in [1.54, 1.807) is 11.8 Å². The van der Waals surface area contributed by atoms with Crippen LogP contribution in [0.25, 0.3) is 0 Å². The number of nitrogens with one attached hydrogen (secondary N) is 1. The zero-order valence-corrected chi connectivity index (χ0v) is 12.2. The fourth-order valence-corrected chi connectivity index (χ4v) is 2.06. The number of rotatable bonds is 2. The molecular weight excluding hydrogens is 246 g/mol. The third kappa shape index (κ3) is 5.46. The maximum Gasteiger partial charge on any atom is 0.407 e. The molecule has 0 radical (unpaired) electrons. The number of piperidine rings is 1. The highest BCUT2D eigenvalue weighted by atomic mass is 16.6. The van der Waals surface area contributed by atoms with E-state index in [1.165, 1.54) is 0 Å². The van der Waals surface area contributed by atoms with E-state index in [0.717, 1.165) is 12.8 Å². The largest absolute Gasteiger partial charge is 0.444 e. The van der Waals surface area contributed by atoms with Gasteiger partial charge >= 0.3 is 6.09 Å². The van der Waals surface area contributed by atoms with Crippen molar-refractivity contribution in [3.8, 4) is 0 Å². The summed E-state index contributed by atoms with van der Waals surface area (Å²) in [5, 5.41) is 2.80. The summed E-state index contributed by atoms with van der Waals surface area (Å²) in [5.74, 6) is -0.0734. The summed E-state index contributed by atoms with van der Waals surface area (Å²) in [5.41, 5.74) is 5.08. The molecule has 0 aromatic rings. The SMILES string of the molecule is C[C@H](N)C(=O)N1CCC[C@@H](NC(=O)OC(C)(C)C)C1. The molecule has 3 N–H and O–H groups in total. The molecule has 6 nitrogen and oxygen atoms in total. The van der Waals surface area contributed by atoms with E-state index in [1.807, 2.05) is 20.8 Å². The van der Waals surface area contributed by atoms with Gasteiger partial charge in [-0.3, -0.25) is 4.79 Å². The average Bonchev–Trinajstić information content (AvgIpc) is 2.25. The van der Waals surface area contributed by atoms with Gasteiger partial charge in [-0.25, -0.2) is 4.79 Å². The lowest BCUT2D eigenvalue weighted by molar-refractivity contribution is -0.133. The molecule has 0 aliphatic carbocycles. The Kier molecular flexibility index (Phi) is 5.17. The third-order valence-corrected chi connectivity index (χ3v) is 2.84. The molecule has 6 heteroatoms. The van der Waals surface area contributed by atoms with E-state index in [4.69, 9.17) is 10.5 Å². The van der Waals surface area contributed by atoms with Crippen molar-refractivity contribution in [2.24, 2.45) is 5.73 Å². The molecule has 0 unspecified atom stereocenters. The van der Waals surface area contributed by atoms with Crippen molar-refractivity contribution in [3.63, 3.8) is 0 Å². The van der Waals surface area contributed by atoms with Crippen molar-refractivity contribution in [1.29, 1.82) is 0 Å². The van der Waals surface area contributed by atoms with E-state index >= 15 is 0 Å². The number of nitrogens with two attached hydrogens (primary N) is 1. The van der Waals surface area contributed by atoms with Gasteiger partial charge in [0, 0.05) is 19.1 Å². The van der Waals surface area contributed by atoms with Crippen LogP contribution >= 0.6 is 0 Å². The van der Waals surface area contributed by atoms with Crippen LogP contribution in [-0.2, 0) is 9.53 Å². The Balaban J connectivity index is 2.47. The predicted octanol–water partition coefficient (Wildman–Crippen LogP) is 0.849. The van der Waals surface area contributed by atoms with Crippen molar-refractivity contribution < 1.29 is 14.3 Å². The molecule has 110 valence electrons. The molecule has 19 heavy (non-hydrogen) atoms. The topological polar surface area (TPSA) is 84.7 Å². The molecule has 1 aliphatic heterocycles. The van der Waals surface area contributed by atoms with Crippen molar-refractivity contribution in [2.45, 2.75) is 58.2 Å². The molecule has 2 amide bonds. The van der Waals surface area contributed by atoms with E-state index in [2.05, 4.69) is 5.32 Å². The maximum absolute atomic E-state index is 11.8.